The molecule has 4 fully saturated rings. The Hall–Kier alpha value is -0.690. The van der Waals surface area contributed by atoms with Crippen LogP contribution in [0.4, 0.5) is 0 Å². The number of ether oxygens (including phenoxy) is 6. The molecule has 4 rings (SSSR count). The van der Waals surface area contributed by atoms with Crippen molar-refractivity contribution >= 4 is 7.82 Å². The third kappa shape index (κ3) is 8.93. The summed E-state index contributed by atoms with van der Waals surface area (Å²) < 4.78 is 53.9. The number of aliphatic hydroxyl groups is 14. The van der Waals surface area contributed by atoms with Crippen molar-refractivity contribution < 1.29 is 118 Å². The van der Waals surface area contributed by atoms with Gasteiger partial charge >= 0.3 is 7.82 Å². The first-order chi connectivity index (χ1) is 23.0. The van der Waals surface area contributed by atoms with Gasteiger partial charge in [0.05, 0.1) is 26.4 Å². The average molecular weight is 747 g/mol. The Balaban J connectivity index is 1.37. The number of rotatable bonds is 12. The molecule has 0 aromatic carbocycles. The second-order valence-electron chi connectivity index (χ2n) is 11.7. The molecule has 25 heteroatoms. The van der Waals surface area contributed by atoms with Crippen molar-refractivity contribution in [1.82, 2.24) is 0 Å². The normalized spacial score (nSPS) is 50.9. The van der Waals surface area contributed by atoms with Gasteiger partial charge in [-0.05, 0) is 0 Å². The van der Waals surface area contributed by atoms with Gasteiger partial charge in [-0.3, -0.25) is 9.05 Å². The number of phosphoric ester groups is 1. The van der Waals surface area contributed by atoms with Crippen molar-refractivity contribution in [3.8, 4) is 0 Å². The van der Waals surface area contributed by atoms with Crippen LogP contribution in [0, 0.1) is 0 Å². The zero-order valence-corrected chi connectivity index (χ0v) is 26.1. The summed E-state index contributed by atoms with van der Waals surface area (Å²) in [6.07, 6.45) is -37.6. The number of aliphatic hydroxyl groups excluding tert-OH is 14. The van der Waals surface area contributed by atoms with E-state index in [9.17, 15) is 80.9 Å². The SMILES string of the molecule is O=P(O)(OC[C@H]1O[C@@H](O[C@H]2[C@H](O)[C@H](O)[C@@H](O)O[C@@H]2CO)[C@H](O)[C@@H](O)[C@H]1O)O[C@H]1O[C@H](CO)[C@@H](O[C@@H]2O[C@H](CO)[C@H](O)[C@H](O)[C@H]2O)[C@H](O)[C@@H]1O. The van der Waals surface area contributed by atoms with Crippen LogP contribution in [0.15, 0.2) is 0 Å². The van der Waals surface area contributed by atoms with E-state index in [1.807, 2.05) is 0 Å². The zero-order valence-electron chi connectivity index (χ0n) is 25.2. The molecule has 4 saturated heterocycles. The predicted molar refractivity (Wildman–Crippen MR) is 145 cm³/mol. The highest BCUT2D eigenvalue weighted by molar-refractivity contribution is 7.47. The summed E-state index contributed by atoms with van der Waals surface area (Å²) in [6.45, 7) is -3.79. The van der Waals surface area contributed by atoms with Gasteiger partial charge in [-0.15, -0.1) is 0 Å². The van der Waals surface area contributed by atoms with Crippen molar-refractivity contribution in [1.29, 1.82) is 0 Å². The van der Waals surface area contributed by atoms with Gasteiger partial charge in [0.15, 0.2) is 25.2 Å². The van der Waals surface area contributed by atoms with Crippen molar-refractivity contribution in [2.45, 2.75) is 123 Å². The molecule has 0 amide bonds. The second-order valence-corrected chi connectivity index (χ2v) is 13.1. The lowest BCUT2D eigenvalue weighted by molar-refractivity contribution is -0.356. The van der Waals surface area contributed by atoms with Gasteiger partial charge in [0.2, 0.25) is 0 Å². The largest absolute Gasteiger partial charge is 0.474 e. The highest BCUT2D eigenvalue weighted by Gasteiger charge is 2.53. The van der Waals surface area contributed by atoms with Gasteiger partial charge in [0.1, 0.15) is 97.7 Å². The van der Waals surface area contributed by atoms with Crippen molar-refractivity contribution in [3.05, 3.63) is 0 Å². The van der Waals surface area contributed by atoms with E-state index in [2.05, 4.69) is 0 Å². The van der Waals surface area contributed by atoms with E-state index in [4.69, 9.17) is 37.5 Å². The summed E-state index contributed by atoms with van der Waals surface area (Å²) in [5, 5.41) is 141. The van der Waals surface area contributed by atoms with E-state index in [0.29, 0.717) is 0 Å². The molecule has 4 aliphatic rings. The van der Waals surface area contributed by atoms with Crippen LogP contribution in [0.5, 0.6) is 0 Å². The van der Waals surface area contributed by atoms with Gasteiger partial charge in [0.25, 0.3) is 0 Å². The molecule has 0 spiro atoms. The van der Waals surface area contributed by atoms with Crippen LogP contribution in [-0.4, -0.2) is 226 Å². The summed E-state index contributed by atoms with van der Waals surface area (Å²) in [5.74, 6) is 0. The van der Waals surface area contributed by atoms with Crippen LogP contribution in [0.3, 0.4) is 0 Å². The minimum absolute atomic E-state index is 0.823. The first-order valence-electron chi connectivity index (χ1n) is 14.9. The Morgan fingerprint density at radius 1 is 0.469 bits per heavy atom. The number of phosphoric acid groups is 1. The maximum atomic E-state index is 12.8. The molecular formula is C24H43O24P. The Morgan fingerprint density at radius 3 is 1.39 bits per heavy atom. The monoisotopic (exact) mass is 746 g/mol. The maximum Gasteiger partial charge on any atom is 0.474 e. The number of hydrogen-bond donors (Lipinski definition) is 15. The summed E-state index contributed by atoms with van der Waals surface area (Å²) in [4.78, 5) is 10.3. The van der Waals surface area contributed by atoms with E-state index in [1.165, 1.54) is 0 Å². The van der Waals surface area contributed by atoms with Crippen LogP contribution in [-0.2, 0) is 42.0 Å². The highest BCUT2D eigenvalue weighted by Crippen LogP contribution is 2.47. The molecule has 4 aliphatic heterocycles. The fourth-order valence-electron chi connectivity index (χ4n) is 5.53. The second kappa shape index (κ2) is 17.0. The van der Waals surface area contributed by atoms with Gasteiger partial charge in [-0.2, -0.15) is 0 Å². The van der Waals surface area contributed by atoms with Crippen LogP contribution < -0.4 is 0 Å². The van der Waals surface area contributed by atoms with Crippen LogP contribution in [0.1, 0.15) is 0 Å². The minimum atomic E-state index is -5.38. The highest BCUT2D eigenvalue weighted by atomic mass is 31.2. The summed E-state index contributed by atoms with van der Waals surface area (Å²) in [5.41, 5.74) is 0. The van der Waals surface area contributed by atoms with E-state index in [-0.39, 0.29) is 0 Å². The Kier molecular flexibility index (Phi) is 14.2. The van der Waals surface area contributed by atoms with E-state index < -0.39 is 157 Å². The quantitative estimate of drug-likeness (QED) is 0.0824. The molecule has 0 radical (unpaired) electrons. The molecule has 21 atom stereocenters. The van der Waals surface area contributed by atoms with Gasteiger partial charge in [0, 0.05) is 0 Å². The van der Waals surface area contributed by atoms with Crippen LogP contribution >= 0.6 is 7.82 Å². The Labute approximate surface area is 275 Å². The topological polar surface area (TPSA) is 394 Å². The molecule has 0 aliphatic carbocycles. The lowest BCUT2D eigenvalue weighted by Gasteiger charge is -2.46. The summed E-state index contributed by atoms with van der Waals surface area (Å²) in [6, 6.07) is 0. The predicted octanol–water partition coefficient (Wildman–Crippen LogP) is -9.63. The molecule has 0 aromatic heterocycles. The summed E-state index contributed by atoms with van der Waals surface area (Å²) in [7, 11) is -5.38. The van der Waals surface area contributed by atoms with E-state index >= 15 is 0 Å². The molecule has 24 nitrogen and oxygen atoms in total. The van der Waals surface area contributed by atoms with Crippen LogP contribution in [0.2, 0.25) is 0 Å². The Morgan fingerprint density at radius 2 is 0.878 bits per heavy atom. The molecule has 0 saturated carbocycles. The lowest BCUT2D eigenvalue weighted by atomic mass is 9.97. The molecule has 1 unspecified atom stereocenters. The fraction of sp³-hybridized carbons (Fsp3) is 1.00. The third-order valence-corrected chi connectivity index (χ3v) is 9.35. The van der Waals surface area contributed by atoms with Crippen LogP contribution in [0.25, 0.3) is 0 Å². The molecule has 15 N–H and O–H groups in total. The Bertz CT molecular complexity index is 1090. The van der Waals surface area contributed by atoms with Gasteiger partial charge in [-0.25, -0.2) is 4.57 Å². The van der Waals surface area contributed by atoms with Gasteiger partial charge in [-0.1, -0.05) is 0 Å². The fourth-order valence-corrected chi connectivity index (χ4v) is 6.36. The first-order valence-corrected chi connectivity index (χ1v) is 16.4. The molecule has 0 bridgehead atoms. The summed E-state index contributed by atoms with van der Waals surface area (Å²) >= 11 is 0. The first kappa shape index (κ1) is 41.1. The van der Waals surface area contributed by atoms with Crippen molar-refractivity contribution in [2.75, 3.05) is 26.4 Å². The standard InChI is InChI=1S/C24H43O24P/c25-1-5-9(28)11(30)16(35)22(43-5)47-20-7(3-27)44-24(18(37)14(20)33)48-49(39,40)41-4-8-10(29)12(31)17(36)23(45-8)46-19-6(2-26)42-21(38)15(34)13(19)32/h5-38H,1-4H2,(H,39,40)/t5-,6-,7-,8-,9+,10+,11+,12+,13-,14-,15+,16-,17-,18+,19-,20-,21+,22+,23+,24-/m1/s1. The molecule has 4 heterocycles. The van der Waals surface area contributed by atoms with Crippen molar-refractivity contribution in [3.63, 3.8) is 0 Å². The van der Waals surface area contributed by atoms with E-state index in [0.717, 1.165) is 0 Å². The smallest absolute Gasteiger partial charge is 0.394 e. The molecule has 49 heavy (non-hydrogen) atoms. The lowest BCUT2D eigenvalue weighted by Crippen LogP contribution is -2.64. The third-order valence-electron chi connectivity index (χ3n) is 8.40. The number of hydrogen-bond acceptors (Lipinski definition) is 23. The zero-order chi connectivity index (χ0) is 36.5. The maximum absolute atomic E-state index is 12.8. The molecule has 0 aromatic rings. The van der Waals surface area contributed by atoms with Crippen molar-refractivity contribution in [2.24, 2.45) is 0 Å². The minimum Gasteiger partial charge on any atom is -0.394 e. The molecule has 288 valence electrons. The molecular weight excluding hydrogens is 703 g/mol. The van der Waals surface area contributed by atoms with Gasteiger partial charge < -0.3 is 105 Å². The average Bonchev–Trinajstić information content (AvgIpc) is 3.07. The van der Waals surface area contributed by atoms with E-state index in [1.54, 1.807) is 0 Å².